The number of amides is 3. The van der Waals surface area contributed by atoms with E-state index in [0.29, 0.717) is 11.3 Å². The van der Waals surface area contributed by atoms with Crippen molar-refractivity contribution in [3.63, 3.8) is 0 Å². The first-order valence-corrected chi connectivity index (χ1v) is 10.8. The molecule has 0 aliphatic carbocycles. The van der Waals surface area contributed by atoms with Gasteiger partial charge in [0.2, 0.25) is 0 Å². The van der Waals surface area contributed by atoms with Gasteiger partial charge in [-0.3, -0.25) is 34.9 Å². The Morgan fingerprint density at radius 1 is 1.06 bits per heavy atom. The summed E-state index contributed by atoms with van der Waals surface area (Å²) < 4.78 is 0. The summed E-state index contributed by atoms with van der Waals surface area (Å²) in [5.41, 5.74) is 4.03. The topological polar surface area (TPSA) is 135 Å². The first kappa shape index (κ1) is 22.0. The highest BCUT2D eigenvalue weighted by Gasteiger charge is 2.35. The number of hydrazine groups is 1. The molecule has 0 radical (unpaired) electrons. The molecule has 0 bridgehead atoms. The van der Waals surface area contributed by atoms with Crippen LogP contribution in [-0.2, 0) is 4.79 Å². The number of rotatable bonds is 6. The number of nitro groups is 1. The van der Waals surface area contributed by atoms with E-state index in [1.54, 1.807) is 36.4 Å². The molecule has 1 saturated heterocycles. The van der Waals surface area contributed by atoms with Gasteiger partial charge in [-0.1, -0.05) is 18.2 Å². The average molecular weight is 463 g/mol. The SMILES string of the molecule is O=C(NN1C(=O)CSC1c1cccc([N+](=O)[O-])c1)c1ccc(NC(=O)c2ccccn2)cc1. The van der Waals surface area contributed by atoms with Gasteiger partial charge >= 0.3 is 0 Å². The van der Waals surface area contributed by atoms with Gasteiger partial charge in [0, 0.05) is 29.6 Å². The van der Waals surface area contributed by atoms with Gasteiger partial charge in [-0.05, 0) is 42.0 Å². The zero-order valence-electron chi connectivity index (χ0n) is 17.0. The van der Waals surface area contributed by atoms with E-state index >= 15 is 0 Å². The number of anilines is 1. The van der Waals surface area contributed by atoms with E-state index in [-0.39, 0.29) is 34.5 Å². The lowest BCUT2D eigenvalue weighted by Crippen LogP contribution is -2.44. The van der Waals surface area contributed by atoms with Crippen LogP contribution in [0.5, 0.6) is 0 Å². The lowest BCUT2D eigenvalue weighted by Gasteiger charge is -2.24. The Morgan fingerprint density at radius 2 is 1.85 bits per heavy atom. The molecule has 10 nitrogen and oxygen atoms in total. The quantitative estimate of drug-likeness (QED) is 0.423. The van der Waals surface area contributed by atoms with Gasteiger partial charge in [0.25, 0.3) is 23.4 Å². The minimum atomic E-state index is -0.585. The molecule has 1 aromatic heterocycles. The third-order valence-electron chi connectivity index (χ3n) is 4.76. The maximum absolute atomic E-state index is 12.7. The molecule has 33 heavy (non-hydrogen) atoms. The predicted octanol–water partition coefficient (Wildman–Crippen LogP) is 3.16. The van der Waals surface area contributed by atoms with E-state index in [4.69, 9.17) is 0 Å². The Morgan fingerprint density at radius 3 is 2.55 bits per heavy atom. The molecule has 3 aromatic rings. The van der Waals surface area contributed by atoms with Crippen molar-refractivity contribution in [2.24, 2.45) is 0 Å². The van der Waals surface area contributed by atoms with Crippen molar-refractivity contribution in [2.45, 2.75) is 5.37 Å². The van der Waals surface area contributed by atoms with Crippen LogP contribution in [0.3, 0.4) is 0 Å². The highest BCUT2D eigenvalue weighted by atomic mass is 32.2. The van der Waals surface area contributed by atoms with Gasteiger partial charge in [-0.2, -0.15) is 0 Å². The molecule has 1 fully saturated rings. The zero-order chi connectivity index (χ0) is 23.4. The highest BCUT2D eigenvalue weighted by Crippen LogP contribution is 2.38. The van der Waals surface area contributed by atoms with Crippen molar-refractivity contribution in [2.75, 3.05) is 11.1 Å². The van der Waals surface area contributed by atoms with E-state index in [0.717, 1.165) is 0 Å². The molecule has 2 N–H and O–H groups in total. The molecule has 166 valence electrons. The van der Waals surface area contributed by atoms with Gasteiger partial charge in [0.1, 0.15) is 11.1 Å². The Labute approximate surface area is 192 Å². The Kier molecular flexibility index (Phi) is 6.31. The molecule has 2 heterocycles. The number of carbonyl (C=O) groups is 3. The van der Waals surface area contributed by atoms with Crippen LogP contribution in [0.1, 0.15) is 31.8 Å². The van der Waals surface area contributed by atoms with Gasteiger partial charge < -0.3 is 5.32 Å². The largest absolute Gasteiger partial charge is 0.321 e. The first-order chi connectivity index (χ1) is 15.9. The van der Waals surface area contributed by atoms with Gasteiger partial charge in [0.15, 0.2) is 0 Å². The van der Waals surface area contributed by atoms with Crippen LogP contribution in [0.4, 0.5) is 11.4 Å². The second kappa shape index (κ2) is 9.49. The molecule has 3 amide bonds. The van der Waals surface area contributed by atoms with Crippen LogP contribution in [0.2, 0.25) is 0 Å². The molecular formula is C22H17N5O5S. The van der Waals surface area contributed by atoms with Crippen LogP contribution >= 0.6 is 11.8 Å². The Bertz CT molecular complexity index is 1220. The predicted molar refractivity (Wildman–Crippen MR) is 121 cm³/mol. The Balaban J connectivity index is 1.44. The van der Waals surface area contributed by atoms with Crippen molar-refractivity contribution in [3.8, 4) is 0 Å². The summed E-state index contributed by atoms with van der Waals surface area (Å²) in [7, 11) is 0. The minimum Gasteiger partial charge on any atom is -0.321 e. The van der Waals surface area contributed by atoms with E-state index in [9.17, 15) is 24.5 Å². The number of hydrogen-bond acceptors (Lipinski definition) is 7. The summed E-state index contributed by atoms with van der Waals surface area (Å²) in [6.07, 6.45) is 1.52. The monoisotopic (exact) mass is 463 g/mol. The molecule has 2 aromatic carbocycles. The van der Waals surface area contributed by atoms with E-state index < -0.39 is 16.2 Å². The fraction of sp³-hybridized carbons (Fsp3) is 0.0909. The normalized spacial score (nSPS) is 15.2. The summed E-state index contributed by atoms with van der Waals surface area (Å²) in [4.78, 5) is 51.8. The second-order valence-electron chi connectivity index (χ2n) is 6.97. The van der Waals surface area contributed by atoms with Crippen LogP contribution in [0.15, 0.2) is 72.9 Å². The fourth-order valence-corrected chi connectivity index (χ4v) is 4.25. The molecule has 0 saturated carbocycles. The minimum absolute atomic E-state index is 0.0953. The van der Waals surface area contributed by atoms with Crippen LogP contribution in [0, 0.1) is 10.1 Å². The lowest BCUT2D eigenvalue weighted by atomic mass is 10.2. The van der Waals surface area contributed by atoms with E-state index in [1.807, 2.05) is 0 Å². The zero-order valence-corrected chi connectivity index (χ0v) is 17.8. The second-order valence-corrected chi connectivity index (χ2v) is 8.04. The molecule has 0 spiro atoms. The molecule has 1 atom stereocenters. The summed E-state index contributed by atoms with van der Waals surface area (Å²) in [6, 6.07) is 17.1. The van der Waals surface area contributed by atoms with Gasteiger partial charge in [-0.25, -0.2) is 5.01 Å². The fourth-order valence-electron chi connectivity index (χ4n) is 3.15. The number of aromatic nitrogens is 1. The van der Waals surface area contributed by atoms with Crippen molar-refractivity contribution in [3.05, 3.63) is 99.9 Å². The molecule has 1 aliphatic heterocycles. The van der Waals surface area contributed by atoms with Crippen molar-refractivity contribution in [1.82, 2.24) is 15.4 Å². The maximum atomic E-state index is 12.7. The van der Waals surface area contributed by atoms with Crippen LogP contribution in [-0.4, -0.2) is 38.4 Å². The number of nitro benzene ring substituents is 1. The summed E-state index contributed by atoms with van der Waals surface area (Å²) in [5, 5.41) is 14.4. The maximum Gasteiger partial charge on any atom is 0.274 e. The van der Waals surface area contributed by atoms with Crippen LogP contribution in [0.25, 0.3) is 0 Å². The molecule has 11 heteroatoms. The average Bonchev–Trinajstić information content (AvgIpc) is 3.20. The number of nitrogens with one attached hydrogen (secondary N) is 2. The number of pyridine rings is 1. The van der Waals surface area contributed by atoms with Gasteiger partial charge in [-0.15, -0.1) is 11.8 Å². The number of carbonyl (C=O) groups excluding carboxylic acids is 3. The number of non-ortho nitro benzene ring substituents is 1. The number of thioether (sulfide) groups is 1. The standard InChI is InChI=1S/C22H17N5O5S/c28-19-13-33-22(15-4-3-5-17(12-15)27(31)32)26(19)25-20(29)14-7-9-16(10-8-14)24-21(30)18-6-1-2-11-23-18/h1-12,22H,13H2,(H,24,30)(H,25,29). The van der Waals surface area contributed by atoms with E-state index in [1.165, 1.54) is 53.3 Å². The summed E-state index contributed by atoms with van der Waals surface area (Å²) >= 11 is 1.26. The van der Waals surface area contributed by atoms with E-state index in [2.05, 4.69) is 15.7 Å². The van der Waals surface area contributed by atoms with Gasteiger partial charge in [0.05, 0.1) is 10.7 Å². The van der Waals surface area contributed by atoms with Crippen LogP contribution < -0.4 is 10.7 Å². The molecule has 1 unspecified atom stereocenters. The number of nitrogens with zero attached hydrogens (tertiary/aromatic N) is 3. The lowest BCUT2D eigenvalue weighted by molar-refractivity contribution is -0.384. The smallest absolute Gasteiger partial charge is 0.274 e. The molecular weight excluding hydrogens is 446 g/mol. The summed E-state index contributed by atoms with van der Waals surface area (Å²) in [5.74, 6) is -1.09. The van der Waals surface area contributed by atoms with Crippen molar-refractivity contribution < 1.29 is 19.3 Å². The van der Waals surface area contributed by atoms with Crippen molar-refractivity contribution in [1.29, 1.82) is 0 Å². The molecule has 1 aliphatic rings. The summed E-state index contributed by atoms with van der Waals surface area (Å²) in [6.45, 7) is 0. The highest BCUT2D eigenvalue weighted by molar-refractivity contribution is 8.00. The van der Waals surface area contributed by atoms with Crippen molar-refractivity contribution >= 4 is 40.9 Å². The number of benzene rings is 2. The Hall–Kier alpha value is -4.25. The first-order valence-electron chi connectivity index (χ1n) is 9.74. The third kappa shape index (κ3) is 4.99. The third-order valence-corrected chi connectivity index (χ3v) is 5.97. The molecule has 4 rings (SSSR count). The number of hydrogen-bond donors (Lipinski definition) is 2.